The predicted molar refractivity (Wildman–Crippen MR) is 109 cm³/mol. The standard InChI is InChI=1S/C18H14Cl4N2O4/c1-28-18(27)13(24-17(26)15-11(21)6-3-7-12(15)22)8-23-16(25)14-9(19)4-2-5-10(14)20/h2-7,13H,8H2,1H3,(H,23,25)(H,24,26). The highest BCUT2D eigenvalue weighted by molar-refractivity contribution is 6.40. The Balaban J connectivity index is 2.15. The fourth-order valence-electron chi connectivity index (χ4n) is 2.28. The number of methoxy groups -OCH3 is 1. The second-order valence-electron chi connectivity index (χ2n) is 5.45. The lowest BCUT2D eigenvalue weighted by Gasteiger charge is -2.18. The van der Waals surface area contributed by atoms with Gasteiger partial charge in [-0.05, 0) is 24.3 Å². The lowest BCUT2D eigenvalue weighted by molar-refractivity contribution is -0.142. The fraction of sp³-hybridized carbons (Fsp3) is 0.167. The molecule has 148 valence electrons. The van der Waals surface area contributed by atoms with Crippen LogP contribution in [0.1, 0.15) is 20.7 Å². The van der Waals surface area contributed by atoms with Crippen LogP contribution in [0, 0.1) is 0 Å². The summed E-state index contributed by atoms with van der Waals surface area (Å²) in [5.41, 5.74) is 0.0511. The van der Waals surface area contributed by atoms with Crippen molar-refractivity contribution in [1.29, 1.82) is 0 Å². The van der Waals surface area contributed by atoms with Crippen LogP contribution in [0.15, 0.2) is 36.4 Å². The highest BCUT2D eigenvalue weighted by Crippen LogP contribution is 2.25. The minimum Gasteiger partial charge on any atom is -0.467 e. The maximum Gasteiger partial charge on any atom is 0.330 e. The van der Waals surface area contributed by atoms with Crippen molar-refractivity contribution < 1.29 is 19.1 Å². The molecule has 2 N–H and O–H groups in total. The summed E-state index contributed by atoms with van der Waals surface area (Å²) in [6.45, 7) is -0.277. The number of carbonyl (C=O) groups is 3. The molecule has 0 aromatic heterocycles. The molecule has 2 aromatic rings. The molecule has 1 atom stereocenters. The zero-order chi connectivity index (χ0) is 20.8. The van der Waals surface area contributed by atoms with E-state index in [2.05, 4.69) is 15.4 Å². The first-order chi connectivity index (χ1) is 13.3. The van der Waals surface area contributed by atoms with Gasteiger partial charge < -0.3 is 15.4 Å². The Labute approximate surface area is 181 Å². The third kappa shape index (κ3) is 5.29. The number of benzene rings is 2. The van der Waals surface area contributed by atoms with Crippen molar-refractivity contribution in [3.63, 3.8) is 0 Å². The van der Waals surface area contributed by atoms with Gasteiger partial charge in [-0.3, -0.25) is 9.59 Å². The minimum absolute atomic E-state index is 0.000196. The molecule has 0 aliphatic carbocycles. The third-order valence-corrected chi connectivity index (χ3v) is 4.90. The molecule has 0 heterocycles. The van der Waals surface area contributed by atoms with Gasteiger partial charge in [0.2, 0.25) is 0 Å². The summed E-state index contributed by atoms with van der Waals surface area (Å²) < 4.78 is 4.67. The van der Waals surface area contributed by atoms with Crippen LogP contribution in [-0.2, 0) is 9.53 Å². The van der Waals surface area contributed by atoms with Crippen molar-refractivity contribution in [2.45, 2.75) is 6.04 Å². The van der Waals surface area contributed by atoms with Gasteiger partial charge in [-0.15, -0.1) is 0 Å². The summed E-state index contributed by atoms with van der Waals surface area (Å²) in [4.78, 5) is 36.9. The van der Waals surface area contributed by atoms with Gasteiger partial charge in [0.1, 0.15) is 6.04 Å². The number of hydrogen-bond donors (Lipinski definition) is 2. The number of rotatable bonds is 6. The van der Waals surface area contributed by atoms with E-state index in [-0.39, 0.29) is 37.8 Å². The van der Waals surface area contributed by atoms with Gasteiger partial charge in [0.25, 0.3) is 11.8 Å². The molecule has 0 saturated heterocycles. The van der Waals surface area contributed by atoms with E-state index in [1.54, 1.807) is 12.1 Å². The largest absolute Gasteiger partial charge is 0.467 e. The van der Waals surface area contributed by atoms with Gasteiger partial charge >= 0.3 is 5.97 Å². The number of halogens is 4. The average Bonchev–Trinajstić information content (AvgIpc) is 2.64. The van der Waals surface area contributed by atoms with Crippen molar-refractivity contribution in [2.24, 2.45) is 0 Å². The van der Waals surface area contributed by atoms with Crippen LogP contribution < -0.4 is 10.6 Å². The Morgan fingerprint density at radius 1 is 0.857 bits per heavy atom. The number of carbonyl (C=O) groups excluding carboxylic acids is 3. The Morgan fingerprint density at radius 3 is 1.71 bits per heavy atom. The maximum absolute atomic E-state index is 12.5. The Bertz CT molecular complexity index is 880. The first-order valence-electron chi connectivity index (χ1n) is 7.81. The van der Waals surface area contributed by atoms with Gasteiger partial charge in [0.15, 0.2) is 0 Å². The highest BCUT2D eigenvalue weighted by Gasteiger charge is 2.26. The molecule has 0 fully saturated rings. The topological polar surface area (TPSA) is 84.5 Å². The van der Waals surface area contributed by atoms with Crippen LogP contribution >= 0.6 is 46.4 Å². The van der Waals surface area contributed by atoms with Crippen LogP contribution in [-0.4, -0.2) is 37.5 Å². The van der Waals surface area contributed by atoms with Crippen molar-refractivity contribution in [3.05, 3.63) is 67.6 Å². The molecule has 0 bridgehead atoms. The summed E-state index contributed by atoms with van der Waals surface area (Å²) in [5.74, 6) is -2.09. The molecule has 0 saturated carbocycles. The second-order valence-corrected chi connectivity index (χ2v) is 7.08. The van der Waals surface area contributed by atoms with E-state index in [0.29, 0.717) is 0 Å². The van der Waals surface area contributed by atoms with Gasteiger partial charge in [0.05, 0.1) is 38.3 Å². The number of amides is 2. The van der Waals surface area contributed by atoms with E-state index in [1.165, 1.54) is 24.3 Å². The monoisotopic (exact) mass is 462 g/mol. The summed E-state index contributed by atoms with van der Waals surface area (Å²) >= 11 is 24.0. The number of hydrogen-bond acceptors (Lipinski definition) is 4. The lowest BCUT2D eigenvalue weighted by atomic mass is 10.1. The van der Waals surface area contributed by atoms with Crippen LogP contribution in [0.25, 0.3) is 0 Å². The van der Waals surface area contributed by atoms with Crippen LogP contribution in [0.3, 0.4) is 0 Å². The van der Waals surface area contributed by atoms with E-state index in [9.17, 15) is 14.4 Å². The Kier molecular flexibility index (Phi) is 7.95. The quantitative estimate of drug-likeness (QED) is 0.634. The molecular weight excluding hydrogens is 450 g/mol. The SMILES string of the molecule is COC(=O)C(CNC(=O)c1c(Cl)cccc1Cl)NC(=O)c1c(Cl)cccc1Cl. The number of ether oxygens (including phenoxy) is 1. The molecule has 28 heavy (non-hydrogen) atoms. The maximum atomic E-state index is 12.5. The summed E-state index contributed by atoms with van der Waals surface area (Å²) in [5, 5.41) is 5.44. The Morgan fingerprint density at radius 2 is 1.29 bits per heavy atom. The zero-order valence-corrected chi connectivity index (χ0v) is 17.4. The predicted octanol–water partition coefficient (Wildman–Crippen LogP) is 4.00. The second kappa shape index (κ2) is 9.98. The van der Waals surface area contributed by atoms with Crippen LogP contribution in [0.5, 0.6) is 0 Å². The average molecular weight is 464 g/mol. The molecule has 0 aliphatic heterocycles. The summed E-state index contributed by atoms with van der Waals surface area (Å²) in [6.07, 6.45) is 0. The number of nitrogens with one attached hydrogen (secondary N) is 2. The van der Waals surface area contributed by atoms with Crippen molar-refractivity contribution >= 4 is 64.2 Å². The van der Waals surface area contributed by atoms with Gasteiger partial charge in [-0.25, -0.2) is 4.79 Å². The highest BCUT2D eigenvalue weighted by atomic mass is 35.5. The zero-order valence-electron chi connectivity index (χ0n) is 14.4. The Hall–Kier alpha value is -1.99. The van der Waals surface area contributed by atoms with E-state index in [0.717, 1.165) is 7.11 Å². The van der Waals surface area contributed by atoms with Crippen LogP contribution in [0.2, 0.25) is 20.1 Å². The fourth-order valence-corrected chi connectivity index (χ4v) is 3.42. The van der Waals surface area contributed by atoms with Gasteiger partial charge in [0, 0.05) is 6.54 Å². The molecule has 6 nitrogen and oxygen atoms in total. The van der Waals surface area contributed by atoms with Crippen molar-refractivity contribution in [3.8, 4) is 0 Å². The van der Waals surface area contributed by atoms with Crippen molar-refractivity contribution in [2.75, 3.05) is 13.7 Å². The lowest BCUT2D eigenvalue weighted by Crippen LogP contribution is -2.49. The summed E-state index contributed by atoms with van der Waals surface area (Å²) in [6, 6.07) is 7.93. The molecule has 0 radical (unpaired) electrons. The normalized spacial score (nSPS) is 11.5. The molecule has 2 amide bonds. The molecule has 0 aliphatic rings. The van der Waals surface area contributed by atoms with Gasteiger partial charge in [-0.2, -0.15) is 0 Å². The molecule has 2 aromatic carbocycles. The molecule has 1 unspecified atom stereocenters. The number of esters is 1. The van der Waals surface area contributed by atoms with E-state index in [4.69, 9.17) is 46.4 Å². The molecular formula is C18H14Cl4N2O4. The first-order valence-corrected chi connectivity index (χ1v) is 9.32. The molecule has 0 spiro atoms. The summed E-state index contributed by atoms with van der Waals surface area (Å²) in [7, 11) is 1.15. The third-order valence-electron chi connectivity index (χ3n) is 3.64. The van der Waals surface area contributed by atoms with E-state index >= 15 is 0 Å². The smallest absolute Gasteiger partial charge is 0.330 e. The minimum atomic E-state index is -1.20. The van der Waals surface area contributed by atoms with E-state index < -0.39 is 23.8 Å². The van der Waals surface area contributed by atoms with E-state index in [1.807, 2.05) is 0 Å². The van der Waals surface area contributed by atoms with Gasteiger partial charge in [-0.1, -0.05) is 58.5 Å². The molecule has 2 rings (SSSR count). The van der Waals surface area contributed by atoms with Crippen LogP contribution in [0.4, 0.5) is 0 Å². The first kappa shape index (κ1) is 22.3. The van der Waals surface area contributed by atoms with Crippen molar-refractivity contribution in [1.82, 2.24) is 10.6 Å². The molecule has 10 heteroatoms.